The summed E-state index contributed by atoms with van der Waals surface area (Å²) < 4.78 is 2.39. The third-order valence-corrected chi connectivity index (χ3v) is 6.23. The molecule has 0 unspecified atom stereocenters. The molecule has 4 rings (SSSR count). The van der Waals surface area contributed by atoms with Gasteiger partial charge in [0.25, 0.3) is 0 Å². The Bertz CT molecular complexity index is 1050. The fraction of sp³-hybridized carbons (Fsp3) is 0.364. The molecule has 138 valence electrons. The van der Waals surface area contributed by atoms with Gasteiger partial charge in [0.1, 0.15) is 0 Å². The van der Waals surface area contributed by atoms with Crippen molar-refractivity contribution >= 4 is 22.5 Å². The van der Waals surface area contributed by atoms with Gasteiger partial charge in [-0.25, -0.2) is 0 Å². The smallest absolute Gasteiger partial charge is 0.0994 e. The van der Waals surface area contributed by atoms with E-state index in [-0.39, 0.29) is 0 Å². The molecule has 0 saturated carbocycles. The molecule has 1 saturated heterocycles. The van der Waals surface area contributed by atoms with Crippen molar-refractivity contribution in [3.05, 3.63) is 52.4 Å². The van der Waals surface area contributed by atoms with Gasteiger partial charge >= 0.3 is 0 Å². The summed E-state index contributed by atoms with van der Waals surface area (Å²) in [5, 5.41) is 11.3. The minimum atomic E-state index is 0.460. The molecule has 1 aliphatic heterocycles. The number of piperidine rings is 1. The van der Waals surface area contributed by atoms with Gasteiger partial charge in [-0.05, 0) is 70.1 Å². The first-order valence-corrected chi connectivity index (χ1v) is 9.71. The third kappa shape index (κ3) is 3.12. The topological polar surface area (TPSA) is 44.9 Å². The summed E-state index contributed by atoms with van der Waals surface area (Å²) in [6, 6.07) is 6.93. The van der Waals surface area contributed by atoms with E-state index in [1.54, 1.807) is 6.20 Å². The van der Waals surface area contributed by atoms with Crippen molar-refractivity contribution in [3.8, 4) is 17.2 Å². The molecule has 27 heavy (non-hydrogen) atoms. The van der Waals surface area contributed by atoms with Crippen LogP contribution in [0.3, 0.4) is 0 Å². The molecule has 0 bridgehead atoms. The average molecular weight is 379 g/mol. The molecular weight excluding hydrogens is 356 g/mol. The molecule has 0 spiro atoms. The maximum absolute atomic E-state index is 9.52. The van der Waals surface area contributed by atoms with Crippen LogP contribution in [0.5, 0.6) is 0 Å². The first-order chi connectivity index (χ1) is 13.0. The lowest BCUT2D eigenvalue weighted by Crippen LogP contribution is -2.31. The molecule has 0 radical (unpaired) electrons. The number of fused-ring (bicyclic) bond motifs is 1. The molecule has 1 aromatic carbocycles. The van der Waals surface area contributed by atoms with Crippen LogP contribution >= 0.6 is 11.6 Å². The van der Waals surface area contributed by atoms with Crippen molar-refractivity contribution in [1.29, 1.82) is 5.26 Å². The fourth-order valence-electron chi connectivity index (χ4n) is 4.05. The molecule has 1 aliphatic rings. The quantitative estimate of drug-likeness (QED) is 0.622. The summed E-state index contributed by atoms with van der Waals surface area (Å²) in [4.78, 5) is 6.73. The number of nitrogens with zero attached hydrogens (tertiary/aromatic N) is 4. The van der Waals surface area contributed by atoms with Gasteiger partial charge < -0.3 is 9.47 Å². The maximum Gasteiger partial charge on any atom is 0.0994 e. The molecule has 3 heterocycles. The molecule has 4 nitrogen and oxygen atoms in total. The minimum absolute atomic E-state index is 0.460. The number of hydrogen-bond acceptors (Lipinski definition) is 3. The number of benzene rings is 1. The largest absolute Gasteiger partial charge is 0.344 e. The van der Waals surface area contributed by atoms with Gasteiger partial charge in [-0.2, -0.15) is 5.26 Å². The summed E-state index contributed by atoms with van der Waals surface area (Å²) >= 11 is 6.63. The molecule has 0 amide bonds. The molecule has 5 heteroatoms. The van der Waals surface area contributed by atoms with E-state index in [4.69, 9.17) is 11.6 Å². The number of likely N-dealkylation sites (tertiary alicyclic amines) is 1. The summed E-state index contributed by atoms with van der Waals surface area (Å²) in [6.07, 6.45) is 8.07. The Kier molecular flexibility index (Phi) is 4.67. The molecule has 1 fully saturated rings. The van der Waals surface area contributed by atoms with E-state index in [1.165, 1.54) is 5.52 Å². The Labute approximate surface area is 165 Å². The highest BCUT2D eigenvalue weighted by Crippen LogP contribution is 2.39. The normalized spacial score (nSPS) is 16.0. The number of hydrogen-bond donors (Lipinski definition) is 0. The first kappa shape index (κ1) is 18.0. The van der Waals surface area contributed by atoms with Crippen molar-refractivity contribution in [1.82, 2.24) is 14.5 Å². The maximum atomic E-state index is 9.52. The van der Waals surface area contributed by atoms with Crippen LogP contribution in [-0.2, 0) is 0 Å². The van der Waals surface area contributed by atoms with E-state index in [1.807, 2.05) is 26.1 Å². The number of nitriles is 1. The lowest BCUT2D eigenvalue weighted by molar-refractivity contribution is 0.224. The van der Waals surface area contributed by atoms with Gasteiger partial charge in [-0.3, -0.25) is 4.98 Å². The van der Waals surface area contributed by atoms with E-state index in [2.05, 4.69) is 39.8 Å². The van der Waals surface area contributed by atoms with E-state index in [0.717, 1.165) is 58.6 Å². The predicted molar refractivity (Wildman–Crippen MR) is 110 cm³/mol. The standard InChI is InChI=1S/C22H23ClN4/c1-14-8-21-18(9-16(14)10-24)20(19-12-25-11-15(2)22(19)23)13-27(21)17-4-6-26(3)7-5-17/h8-9,11-13,17H,4-7H2,1-3H3. The average Bonchev–Trinajstić information content (AvgIpc) is 3.02. The zero-order chi connectivity index (χ0) is 19.1. The van der Waals surface area contributed by atoms with E-state index < -0.39 is 0 Å². The van der Waals surface area contributed by atoms with Gasteiger partial charge in [-0.15, -0.1) is 0 Å². The number of halogens is 1. The van der Waals surface area contributed by atoms with Crippen LogP contribution in [0.2, 0.25) is 5.02 Å². The Balaban J connectivity index is 1.96. The van der Waals surface area contributed by atoms with Crippen LogP contribution in [0.1, 0.15) is 35.6 Å². The lowest BCUT2D eigenvalue weighted by Gasteiger charge is -2.30. The SMILES string of the molecule is Cc1cc2c(cc1C#N)c(-c1cncc(C)c1Cl)cn2C1CCN(C)CC1. The highest BCUT2D eigenvalue weighted by molar-refractivity contribution is 6.34. The van der Waals surface area contributed by atoms with E-state index in [0.29, 0.717) is 11.6 Å². The summed E-state index contributed by atoms with van der Waals surface area (Å²) in [5.41, 5.74) is 5.84. The Morgan fingerprint density at radius 3 is 2.56 bits per heavy atom. The second-order valence-electron chi connectivity index (χ2n) is 7.60. The van der Waals surface area contributed by atoms with E-state index >= 15 is 0 Å². The second kappa shape index (κ2) is 6.99. The molecule has 0 atom stereocenters. The van der Waals surface area contributed by atoms with Crippen LogP contribution in [0.4, 0.5) is 0 Å². The second-order valence-corrected chi connectivity index (χ2v) is 7.98. The molecule has 0 N–H and O–H groups in total. The molecule has 2 aromatic heterocycles. The Morgan fingerprint density at radius 1 is 1.11 bits per heavy atom. The van der Waals surface area contributed by atoms with Crippen molar-refractivity contribution in [2.75, 3.05) is 20.1 Å². The molecule has 0 aliphatic carbocycles. The van der Waals surface area contributed by atoms with Crippen molar-refractivity contribution in [2.24, 2.45) is 0 Å². The van der Waals surface area contributed by atoms with Crippen LogP contribution in [0.25, 0.3) is 22.0 Å². The van der Waals surface area contributed by atoms with E-state index in [9.17, 15) is 5.26 Å². The predicted octanol–water partition coefficient (Wildman–Crippen LogP) is 5.11. The van der Waals surface area contributed by atoms with Gasteiger partial charge in [0, 0.05) is 46.7 Å². The number of rotatable bonds is 2. The van der Waals surface area contributed by atoms with Crippen LogP contribution in [-0.4, -0.2) is 34.6 Å². The number of aryl methyl sites for hydroxylation is 2. The number of pyridine rings is 1. The van der Waals surface area contributed by atoms with Gasteiger partial charge in [0.05, 0.1) is 16.7 Å². The lowest BCUT2D eigenvalue weighted by atomic mass is 10.0. The number of aromatic nitrogens is 2. The summed E-state index contributed by atoms with van der Waals surface area (Å²) in [7, 11) is 2.18. The van der Waals surface area contributed by atoms with Crippen LogP contribution in [0, 0.1) is 25.2 Å². The van der Waals surface area contributed by atoms with Crippen LogP contribution < -0.4 is 0 Å². The summed E-state index contributed by atoms with van der Waals surface area (Å²) in [5.74, 6) is 0. The molecule has 3 aromatic rings. The Hall–Kier alpha value is -2.35. The zero-order valence-corrected chi connectivity index (χ0v) is 16.7. The van der Waals surface area contributed by atoms with Gasteiger partial charge in [0.15, 0.2) is 0 Å². The first-order valence-electron chi connectivity index (χ1n) is 9.34. The molecular formula is C22H23ClN4. The highest BCUT2D eigenvalue weighted by Gasteiger charge is 2.23. The van der Waals surface area contributed by atoms with Crippen molar-refractivity contribution < 1.29 is 0 Å². The summed E-state index contributed by atoms with van der Waals surface area (Å²) in [6.45, 7) is 6.17. The zero-order valence-electron chi connectivity index (χ0n) is 16.0. The fourth-order valence-corrected chi connectivity index (χ4v) is 4.25. The highest BCUT2D eigenvalue weighted by atomic mass is 35.5. The van der Waals surface area contributed by atoms with Gasteiger partial charge in [-0.1, -0.05) is 11.6 Å². The third-order valence-electron chi connectivity index (χ3n) is 5.73. The van der Waals surface area contributed by atoms with Crippen LogP contribution in [0.15, 0.2) is 30.7 Å². The Morgan fingerprint density at radius 2 is 1.85 bits per heavy atom. The van der Waals surface area contributed by atoms with Crippen molar-refractivity contribution in [3.63, 3.8) is 0 Å². The van der Waals surface area contributed by atoms with Gasteiger partial charge in [0.2, 0.25) is 0 Å². The monoisotopic (exact) mass is 378 g/mol. The van der Waals surface area contributed by atoms with Crippen molar-refractivity contribution in [2.45, 2.75) is 32.7 Å². The minimum Gasteiger partial charge on any atom is -0.344 e.